The molecular weight excluding hydrogens is 943 g/mol. The highest BCUT2D eigenvalue weighted by Gasteiger charge is 2.52. The van der Waals surface area contributed by atoms with Gasteiger partial charge in [-0.15, -0.1) is 0 Å². The average molecular weight is 994 g/mol. The second-order valence-corrected chi connectivity index (χ2v) is 25.3. The number of hydrogen-bond donors (Lipinski definition) is 0. The lowest BCUT2D eigenvalue weighted by Gasteiger charge is -2.32. The summed E-state index contributed by atoms with van der Waals surface area (Å²) in [6.07, 6.45) is 0. The molecule has 0 N–H and O–H groups in total. The summed E-state index contributed by atoms with van der Waals surface area (Å²) in [6.45, 7) is 2.42. The van der Waals surface area contributed by atoms with Crippen molar-refractivity contribution in [3.8, 4) is 55.6 Å². The maximum absolute atomic E-state index is 2.67. The number of hydrogen-bond acceptors (Lipinski definition) is 1. The Bertz CT molecular complexity index is 4240. The highest BCUT2D eigenvalue weighted by molar-refractivity contribution is 7.22. The van der Waals surface area contributed by atoms with Crippen LogP contribution in [0.4, 0.5) is 17.1 Å². The normalized spacial score (nSPS) is 14.6. The van der Waals surface area contributed by atoms with Gasteiger partial charge in [0.15, 0.2) is 8.07 Å². The predicted octanol–water partition coefficient (Wildman–Crippen LogP) is 15.9. The molecule has 77 heavy (non-hydrogen) atoms. The van der Waals surface area contributed by atoms with Gasteiger partial charge >= 0.3 is 0 Å². The van der Waals surface area contributed by atoms with Crippen molar-refractivity contribution in [2.75, 3.05) is 4.90 Å². The Morgan fingerprint density at radius 3 is 1.29 bits per heavy atom. The van der Waals surface area contributed by atoms with Crippen molar-refractivity contribution >= 4 is 45.9 Å². The zero-order valence-electron chi connectivity index (χ0n) is 42.7. The fourth-order valence-electron chi connectivity index (χ4n) is 14.8. The molecule has 0 amide bonds. The predicted molar refractivity (Wildman–Crippen MR) is 323 cm³/mol. The Morgan fingerprint density at radius 2 is 0.701 bits per heavy atom. The molecule has 0 unspecified atom stereocenters. The highest BCUT2D eigenvalue weighted by atomic mass is 28.3. The zero-order valence-corrected chi connectivity index (χ0v) is 43.7. The molecule has 0 fully saturated rings. The third kappa shape index (κ3) is 5.94. The first kappa shape index (κ1) is 44.0. The van der Waals surface area contributed by atoms with Gasteiger partial charge in [-0.3, -0.25) is 0 Å². The van der Waals surface area contributed by atoms with Crippen molar-refractivity contribution in [1.29, 1.82) is 0 Å². The van der Waals surface area contributed by atoms with Crippen LogP contribution < -0.4 is 25.6 Å². The summed E-state index contributed by atoms with van der Waals surface area (Å²) in [5.74, 6) is 0. The van der Waals surface area contributed by atoms with Gasteiger partial charge in [-0.05, 0) is 159 Å². The summed E-state index contributed by atoms with van der Waals surface area (Å²) < 4.78 is 0. The third-order valence-electron chi connectivity index (χ3n) is 18.1. The lowest BCUT2D eigenvalue weighted by Crippen LogP contribution is -2.72. The molecule has 3 aliphatic carbocycles. The van der Waals surface area contributed by atoms with Crippen LogP contribution in [0, 0.1) is 0 Å². The smallest absolute Gasteiger partial charge is 0.180 e. The summed E-state index contributed by atoms with van der Waals surface area (Å²) in [5, 5.41) is 5.72. The average Bonchev–Trinajstić information content (AvgIpc) is 4.37. The highest BCUT2D eigenvalue weighted by Crippen LogP contribution is 2.63. The maximum Gasteiger partial charge on any atom is 0.180 e. The zero-order chi connectivity index (χ0) is 50.9. The molecule has 0 aromatic heterocycles. The van der Waals surface area contributed by atoms with Gasteiger partial charge in [-0.1, -0.05) is 255 Å². The molecule has 16 rings (SSSR count). The van der Waals surface area contributed by atoms with Crippen LogP contribution >= 0.6 is 0 Å². The van der Waals surface area contributed by atoms with Gasteiger partial charge < -0.3 is 4.90 Å². The minimum absolute atomic E-state index is 0.350. The Morgan fingerprint density at radius 1 is 0.273 bits per heavy atom. The van der Waals surface area contributed by atoms with Crippen LogP contribution in [0.5, 0.6) is 0 Å². The van der Waals surface area contributed by atoms with E-state index in [1.807, 2.05) is 0 Å². The molecule has 12 aromatic rings. The first-order chi connectivity index (χ1) is 38.1. The van der Waals surface area contributed by atoms with Gasteiger partial charge in [0.25, 0.3) is 0 Å². The molecule has 1 nitrogen and oxygen atoms in total. The number of fused-ring (bicyclic) bond motifs is 16. The SMILES string of the molecule is CC1(c2cccc(N(c3ccc(-c4cccc([Si]5(c6ccccc6)c6ccccc6-c6ccccc65)c4)cc3)c3ccc4c(c3)-c3ccccc3C43c4ccccc4-c4ccccc43)c2)c2ccccc2-c2ccccc21. The topological polar surface area (TPSA) is 3.24 Å². The van der Waals surface area contributed by atoms with E-state index in [4.69, 9.17) is 0 Å². The summed E-state index contributed by atoms with van der Waals surface area (Å²) >= 11 is 0. The van der Waals surface area contributed by atoms with Crippen molar-refractivity contribution in [2.24, 2.45) is 0 Å². The van der Waals surface area contributed by atoms with E-state index in [1.54, 1.807) is 0 Å². The molecule has 2 heteroatoms. The second-order valence-electron chi connectivity index (χ2n) is 21.6. The van der Waals surface area contributed by atoms with E-state index in [0.29, 0.717) is 0 Å². The van der Waals surface area contributed by atoms with Gasteiger partial charge in [0.1, 0.15) is 0 Å². The Balaban J connectivity index is 0.870. The molecule has 0 radical (unpaired) electrons. The molecule has 0 saturated heterocycles. The Hall–Kier alpha value is -9.34. The second kappa shape index (κ2) is 16.6. The van der Waals surface area contributed by atoms with E-state index in [-0.39, 0.29) is 5.41 Å². The van der Waals surface area contributed by atoms with Crippen LogP contribution in [-0.2, 0) is 10.8 Å². The third-order valence-corrected chi connectivity index (χ3v) is 22.9. The lowest BCUT2D eigenvalue weighted by atomic mass is 9.70. The quantitative estimate of drug-likeness (QED) is 0.144. The van der Waals surface area contributed by atoms with Crippen LogP contribution in [0.2, 0.25) is 0 Å². The molecule has 0 bridgehead atoms. The molecular formula is C75H51NSi. The molecule has 1 heterocycles. The van der Waals surface area contributed by atoms with Crippen molar-refractivity contribution < 1.29 is 0 Å². The molecule has 1 aliphatic heterocycles. The van der Waals surface area contributed by atoms with Crippen molar-refractivity contribution in [3.63, 3.8) is 0 Å². The van der Waals surface area contributed by atoms with Gasteiger partial charge in [-0.25, -0.2) is 0 Å². The van der Waals surface area contributed by atoms with Gasteiger partial charge in [-0.2, -0.15) is 0 Å². The van der Waals surface area contributed by atoms with Crippen LogP contribution in [0.15, 0.2) is 291 Å². The monoisotopic (exact) mass is 993 g/mol. The van der Waals surface area contributed by atoms with Crippen molar-refractivity contribution in [2.45, 2.75) is 17.8 Å². The largest absolute Gasteiger partial charge is 0.310 e. The van der Waals surface area contributed by atoms with Crippen molar-refractivity contribution in [3.05, 3.63) is 330 Å². The molecule has 1 spiro atoms. The molecule has 0 saturated carbocycles. The van der Waals surface area contributed by atoms with Gasteiger partial charge in [0.2, 0.25) is 0 Å². The van der Waals surface area contributed by atoms with Crippen LogP contribution in [0.3, 0.4) is 0 Å². The minimum Gasteiger partial charge on any atom is -0.310 e. The molecule has 4 aliphatic rings. The summed E-state index contributed by atoms with van der Waals surface area (Å²) in [7, 11) is -2.67. The molecule has 12 aromatic carbocycles. The number of nitrogens with zero attached hydrogens (tertiary/aromatic N) is 1. The Kier molecular flexibility index (Phi) is 9.47. The van der Waals surface area contributed by atoms with E-state index in [9.17, 15) is 0 Å². The van der Waals surface area contributed by atoms with E-state index in [2.05, 4.69) is 303 Å². The summed E-state index contributed by atoms with van der Waals surface area (Å²) in [4.78, 5) is 2.49. The van der Waals surface area contributed by atoms with E-state index in [0.717, 1.165) is 17.1 Å². The lowest BCUT2D eigenvalue weighted by molar-refractivity contribution is 0.714. The number of rotatable bonds is 7. The fraction of sp³-hybridized carbons (Fsp3) is 0.0400. The van der Waals surface area contributed by atoms with Gasteiger partial charge in [0, 0.05) is 22.5 Å². The number of anilines is 3. The van der Waals surface area contributed by atoms with E-state index < -0.39 is 13.5 Å². The first-order valence-electron chi connectivity index (χ1n) is 27.1. The van der Waals surface area contributed by atoms with Crippen LogP contribution in [0.1, 0.15) is 45.9 Å². The van der Waals surface area contributed by atoms with Gasteiger partial charge in [0.05, 0.1) is 5.41 Å². The fourth-order valence-corrected chi connectivity index (χ4v) is 20.1. The Labute approximate surface area is 451 Å². The number of benzene rings is 12. The summed E-state index contributed by atoms with van der Waals surface area (Å²) in [6, 6.07) is 110. The van der Waals surface area contributed by atoms with Crippen molar-refractivity contribution in [1.82, 2.24) is 0 Å². The standard InChI is InChI=1S/C75H51NSi/c1-74(66-34-12-5-27-58(66)59-28-6-13-35-67(59)74)52-22-20-23-54(48-52)76(55-45-46-71-65(49-55)62-31-9-16-38-70(62)75(71)68-36-14-7-29-60(68)61-30-8-15-37-69(61)75)53-43-41-50(42-44-53)51-21-19-26-57(47-51)77(56-24-3-2-4-25-56)72-39-17-10-32-63(72)64-33-11-18-40-73(64)77/h2-49H,1H3. The maximum atomic E-state index is 2.50. The van der Waals surface area contributed by atoms with E-state index in [1.165, 1.54) is 115 Å². The minimum atomic E-state index is -2.67. The van der Waals surface area contributed by atoms with E-state index >= 15 is 0 Å². The molecule has 360 valence electrons. The van der Waals surface area contributed by atoms with Crippen LogP contribution in [0.25, 0.3) is 55.6 Å². The first-order valence-corrected chi connectivity index (χ1v) is 29.1. The summed E-state index contributed by atoms with van der Waals surface area (Å²) in [5.41, 5.74) is 24.9. The van der Waals surface area contributed by atoms with Crippen LogP contribution in [-0.4, -0.2) is 8.07 Å². The molecule has 0 atom stereocenters.